The molecular formula is C28H31ClN5O3-. The Bertz CT molecular complexity index is 1470. The summed E-state index contributed by atoms with van der Waals surface area (Å²) in [6, 6.07) is 15.9. The Balaban J connectivity index is 0.00000115. The van der Waals surface area contributed by atoms with Gasteiger partial charge in [0.15, 0.2) is 0 Å². The Morgan fingerprint density at radius 1 is 1.03 bits per heavy atom. The van der Waals surface area contributed by atoms with E-state index in [0.29, 0.717) is 18.7 Å². The highest BCUT2D eigenvalue weighted by molar-refractivity contribution is 6.08. The summed E-state index contributed by atoms with van der Waals surface area (Å²) in [5.41, 5.74) is 20.7. The minimum Gasteiger partial charge on any atom is -0.462 e. The number of esters is 1. The van der Waals surface area contributed by atoms with Crippen molar-refractivity contribution in [3.05, 3.63) is 86.6 Å². The average molecular weight is 521 g/mol. The molecule has 4 rings (SSSR count). The molecule has 1 heterocycles. The molecule has 1 aliphatic heterocycles. The molecular weight excluding hydrogens is 490 g/mol. The van der Waals surface area contributed by atoms with Crippen molar-refractivity contribution in [2.24, 2.45) is 4.99 Å². The van der Waals surface area contributed by atoms with Gasteiger partial charge in [0.05, 0.1) is 17.5 Å². The number of nitrogens with zero attached hydrogens (tertiary/aromatic N) is 4. The van der Waals surface area contributed by atoms with Crippen LogP contribution in [0.4, 0.5) is 5.69 Å². The molecule has 0 aromatic heterocycles. The van der Waals surface area contributed by atoms with Gasteiger partial charge in [0.1, 0.15) is 11.3 Å². The molecule has 37 heavy (non-hydrogen) atoms. The van der Waals surface area contributed by atoms with E-state index in [9.17, 15) is 4.79 Å². The highest BCUT2D eigenvalue weighted by Gasteiger charge is 2.23. The Hall–Kier alpha value is -4.00. The van der Waals surface area contributed by atoms with Crippen LogP contribution in [0.15, 0.2) is 57.9 Å². The summed E-state index contributed by atoms with van der Waals surface area (Å²) >= 11 is 0. The maximum Gasteiger partial charge on any atom is 0.338 e. The molecule has 0 unspecified atom stereocenters. The number of fused-ring (bicyclic) bond motifs is 2. The van der Waals surface area contributed by atoms with Crippen LogP contribution in [0.3, 0.4) is 0 Å². The molecule has 2 aromatic carbocycles. The van der Waals surface area contributed by atoms with Crippen LogP contribution in [-0.2, 0) is 4.74 Å². The lowest BCUT2D eigenvalue weighted by atomic mass is 9.89. The molecule has 0 spiro atoms. The summed E-state index contributed by atoms with van der Waals surface area (Å²) in [4.78, 5) is 19.0. The Morgan fingerprint density at radius 3 is 2.38 bits per heavy atom. The first kappa shape index (κ1) is 29.2. The normalized spacial score (nSPS) is 10.8. The summed E-state index contributed by atoms with van der Waals surface area (Å²) < 4.78 is 11.8. The minimum absolute atomic E-state index is 0. The number of halogens is 1. The quantitative estimate of drug-likeness (QED) is 0.0921. The van der Waals surface area contributed by atoms with E-state index >= 15 is 0 Å². The molecule has 8 nitrogen and oxygen atoms in total. The van der Waals surface area contributed by atoms with Gasteiger partial charge in [0.2, 0.25) is 0 Å². The monoisotopic (exact) mass is 520 g/mol. The van der Waals surface area contributed by atoms with Crippen molar-refractivity contribution in [2.75, 3.05) is 25.0 Å². The molecule has 0 saturated heterocycles. The second kappa shape index (κ2) is 13.3. The van der Waals surface area contributed by atoms with Gasteiger partial charge in [-0.15, -0.1) is 12.4 Å². The van der Waals surface area contributed by atoms with E-state index in [2.05, 4.69) is 43.2 Å². The number of rotatable bonds is 6. The van der Waals surface area contributed by atoms with Crippen LogP contribution in [0.5, 0.6) is 0 Å². The molecule has 2 aliphatic rings. The Morgan fingerprint density at radius 2 is 1.73 bits per heavy atom. The van der Waals surface area contributed by atoms with Crippen LogP contribution in [0, 0.1) is 13.8 Å². The van der Waals surface area contributed by atoms with Gasteiger partial charge in [-0.05, 0) is 69.5 Å². The summed E-state index contributed by atoms with van der Waals surface area (Å²) in [5, 5.41) is 5.28. The molecule has 0 amide bonds. The van der Waals surface area contributed by atoms with Gasteiger partial charge in [-0.1, -0.05) is 18.2 Å². The average Bonchev–Trinajstić information content (AvgIpc) is 2.85. The first-order valence-electron chi connectivity index (χ1n) is 11.9. The summed E-state index contributed by atoms with van der Waals surface area (Å²) in [6.45, 7) is 11.9. The van der Waals surface area contributed by atoms with E-state index in [-0.39, 0.29) is 18.4 Å². The maximum absolute atomic E-state index is 12.9. The second-order valence-electron chi connectivity index (χ2n) is 8.14. The fraction of sp³-hybridized carbons (Fsp3) is 0.286. The van der Waals surface area contributed by atoms with Crippen LogP contribution < -0.4 is 10.7 Å². The van der Waals surface area contributed by atoms with Crippen LogP contribution in [0.2, 0.25) is 0 Å². The smallest absolute Gasteiger partial charge is 0.338 e. The SMILES string of the molecule is CC/N=c1/cc2oc3cc(NCC)c(C)cc3c(-c3ccccc3C(=O)OCC)c-2cc1C.Cl.[N-]=[N+]=[N-]. The van der Waals surface area contributed by atoms with E-state index < -0.39 is 0 Å². The lowest BCUT2D eigenvalue weighted by Gasteiger charge is -2.19. The molecule has 0 saturated carbocycles. The number of ether oxygens (including phenoxy) is 1. The zero-order chi connectivity index (χ0) is 26.2. The number of carbonyl (C=O) groups is 1. The van der Waals surface area contributed by atoms with Crippen LogP contribution in [0.1, 0.15) is 42.3 Å². The van der Waals surface area contributed by atoms with Crippen molar-refractivity contribution in [1.82, 2.24) is 0 Å². The third kappa shape index (κ3) is 6.23. The Labute approximate surface area is 222 Å². The zero-order valence-corrected chi connectivity index (χ0v) is 22.5. The van der Waals surface area contributed by atoms with Crippen LogP contribution in [-0.4, -0.2) is 25.7 Å². The number of nitrogens with one attached hydrogen (secondary N) is 1. The first-order valence-corrected chi connectivity index (χ1v) is 11.9. The van der Waals surface area contributed by atoms with Gasteiger partial charge in [0.25, 0.3) is 0 Å². The molecule has 1 aliphatic carbocycles. The summed E-state index contributed by atoms with van der Waals surface area (Å²) in [5.74, 6) is 0.408. The predicted octanol–water partition coefficient (Wildman–Crippen LogP) is 7.64. The van der Waals surface area contributed by atoms with Gasteiger partial charge in [-0.3, -0.25) is 9.90 Å². The van der Waals surface area contributed by atoms with Gasteiger partial charge < -0.3 is 25.5 Å². The third-order valence-electron chi connectivity index (χ3n) is 5.77. The lowest BCUT2D eigenvalue weighted by molar-refractivity contribution is 0.0527. The van der Waals surface area contributed by atoms with Crippen molar-refractivity contribution < 1.29 is 13.9 Å². The van der Waals surface area contributed by atoms with E-state index in [0.717, 1.165) is 62.1 Å². The van der Waals surface area contributed by atoms with Gasteiger partial charge in [0, 0.05) is 47.4 Å². The highest BCUT2D eigenvalue weighted by atomic mass is 35.5. The lowest BCUT2D eigenvalue weighted by Crippen LogP contribution is -2.10. The van der Waals surface area contributed by atoms with Crippen molar-refractivity contribution in [2.45, 2.75) is 34.6 Å². The van der Waals surface area contributed by atoms with Crippen LogP contribution >= 0.6 is 12.4 Å². The second-order valence-corrected chi connectivity index (χ2v) is 8.14. The maximum atomic E-state index is 12.9. The standard InChI is InChI=1S/C28H30N2O3.ClH.N3/c1-6-29-23-15-25-21(13-17(23)4)27(19-11-9-10-12-20(19)28(31)32-8-3)22-14-18(5)24(30-7-2)16-26(22)33-25;;1-3-2/h9-16,29H,6-8H2,1-5H3;1H;/q;;-1/b30-24-;;. The number of benzene rings is 3. The molecule has 194 valence electrons. The number of hydrogen-bond donors (Lipinski definition) is 1. The van der Waals surface area contributed by atoms with E-state index in [1.807, 2.05) is 50.2 Å². The Kier molecular flexibility index (Phi) is 10.5. The molecule has 2 aromatic rings. The molecule has 0 radical (unpaired) electrons. The van der Waals surface area contributed by atoms with Crippen LogP contribution in [0.25, 0.3) is 49.4 Å². The number of anilines is 1. The molecule has 9 heteroatoms. The molecule has 0 atom stereocenters. The molecule has 1 N–H and O–H groups in total. The molecule has 0 bridgehead atoms. The summed E-state index contributed by atoms with van der Waals surface area (Å²) in [7, 11) is 0. The fourth-order valence-electron chi connectivity index (χ4n) is 4.29. The number of carbonyl (C=O) groups excluding carboxylic acids is 1. The third-order valence-corrected chi connectivity index (χ3v) is 5.77. The van der Waals surface area contributed by atoms with Gasteiger partial charge in [-0.25, -0.2) is 4.79 Å². The van der Waals surface area contributed by atoms with E-state index in [4.69, 9.17) is 20.2 Å². The fourth-order valence-corrected chi connectivity index (χ4v) is 4.29. The van der Waals surface area contributed by atoms with Crippen molar-refractivity contribution in [3.63, 3.8) is 0 Å². The molecule has 0 fully saturated rings. The van der Waals surface area contributed by atoms with Crippen molar-refractivity contribution >= 4 is 35.0 Å². The topological polar surface area (TPSA) is 123 Å². The van der Waals surface area contributed by atoms with E-state index in [1.54, 1.807) is 0 Å². The zero-order valence-electron chi connectivity index (χ0n) is 21.7. The van der Waals surface area contributed by atoms with Gasteiger partial charge in [-0.2, -0.15) is 0 Å². The van der Waals surface area contributed by atoms with Crippen molar-refractivity contribution in [1.29, 1.82) is 0 Å². The van der Waals surface area contributed by atoms with E-state index in [1.165, 1.54) is 4.91 Å². The summed E-state index contributed by atoms with van der Waals surface area (Å²) in [6.07, 6.45) is 0. The number of hydrogen-bond acceptors (Lipinski definition) is 5. The largest absolute Gasteiger partial charge is 0.462 e. The van der Waals surface area contributed by atoms with Crippen molar-refractivity contribution in [3.8, 4) is 22.5 Å². The first-order chi connectivity index (χ1) is 17.4. The van der Waals surface area contributed by atoms with Gasteiger partial charge >= 0.3 is 5.97 Å². The predicted molar refractivity (Wildman–Crippen MR) is 151 cm³/mol. The minimum atomic E-state index is -0.328. The highest BCUT2D eigenvalue weighted by Crippen LogP contribution is 2.43. The number of aryl methyl sites for hydroxylation is 2.